The molecule has 0 fully saturated rings. The van der Waals surface area contributed by atoms with Crippen LogP contribution in [0.3, 0.4) is 0 Å². The maximum absolute atomic E-state index is 5.69. The number of hydrazine groups is 1. The van der Waals surface area contributed by atoms with Gasteiger partial charge in [-0.05, 0) is 39.9 Å². The molecule has 0 saturated carbocycles. The summed E-state index contributed by atoms with van der Waals surface area (Å²) in [6.45, 7) is 4.50. The molecular weight excluding hydrogens is 290 g/mol. The predicted octanol–water partition coefficient (Wildman–Crippen LogP) is 3.96. The van der Waals surface area contributed by atoms with Crippen LogP contribution >= 0.6 is 15.9 Å². The molecule has 0 saturated heterocycles. The number of halogens is 1. The summed E-state index contributed by atoms with van der Waals surface area (Å²) in [5.41, 5.74) is 4.08. The van der Waals surface area contributed by atoms with Crippen LogP contribution in [0.2, 0.25) is 0 Å². The zero-order valence-electron chi connectivity index (χ0n) is 11.3. The number of pyridine rings is 1. The van der Waals surface area contributed by atoms with Crippen LogP contribution in [0.1, 0.15) is 57.6 Å². The molecular formula is C14H24BrN3. The molecule has 3 N–H and O–H groups in total. The summed E-state index contributed by atoms with van der Waals surface area (Å²) in [7, 11) is 0. The fourth-order valence-corrected chi connectivity index (χ4v) is 2.62. The maximum atomic E-state index is 5.69. The van der Waals surface area contributed by atoms with Gasteiger partial charge in [0, 0.05) is 22.9 Å². The molecule has 2 unspecified atom stereocenters. The van der Waals surface area contributed by atoms with Gasteiger partial charge in [0.2, 0.25) is 0 Å². The van der Waals surface area contributed by atoms with Crippen molar-refractivity contribution in [3.63, 3.8) is 0 Å². The molecule has 0 aliphatic heterocycles. The first-order chi connectivity index (χ1) is 8.71. The lowest BCUT2D eigenvalue weighted by Gasteiger charge is -2.22. The minimum absolute atomic E-state index is 0.191. The summed E-state index contributed by atoms with van der Waals surface area (Å²) in [4.78, 5) is 4.21. The van der Waals surface area contributed by atoms with Crippen molar-refractivity contribution < 1.29 is 0 Å². The molecule has 0 radical (unpaired) electrons. The monoisotopic (exact) mass is 313 g/mol. The number of nitrogens with one attached hydrogen (secondary N) is 1. The van der Waals surface area contributed by atoms with Gasteiger partial charge in [-0.15, -0.1) is 0 Å². The maximum Gasteiger partial charge on any atom is 0.0478 e. The van der Waals surface area contributed by atoms with E-state index in [1.807, 2.05) is 6.20 Å². The highest BCUT2D eigenvalue weighted by atomic mass is 79.9. The van der Waals surface area contributed by atoms with E-state index in [-0.39, 0.29) is 6.04 Å². The summed E-state index contributed by atoms with van der Waals surface area (Å²) in [6.07, 6.45) is 9.81. The van der Waals surface area contributed by atoms with Crippen molar-refractivity contribution in [2.45, 2.75) is 52.0 Å². The number of hydrogen-bond donors (Lipinski definition) is 2. The van der Waals surface area contributed by atoms with Gasteiger partial charge >= 0.3 is 0 Å². The third-order valence-electron chi connectivity index (χ3n) is 3.44. The largest absolute Gasteiger partial charge is 0.271 e. The molecule has 1 heterocycles. The van der Waals surface area contributed by atoms with Gasteiger partial charge in [0.1, 0.15) is 0 Å². The number of nitrogens with two attached hydrogens (primary N) is 1. The van der Waals surface area contributed by atoms with Crippen molar-refractivity contribution in [3.8, 4) is 0 Å². The molecule has 0 aliphatic carbocycles. The Morgan fingerprint density at radius 3 is 2.72 bits per heavy atom. The van der Waals surface area contributed by atoms with E-state index in [2.05, 4.69) is 46.3 Å². The molecule has 1 aromatic heterocycles. The van der Waals surface area contributed by atoms with Crippen molar-refractivity contribution >= 4 is 15.9 Å². The molecule has 18 heavy (non-hydrogen) atoms. The van der Waals surface area contributed by atoms with Crippen molar-refractivity contribution in [1.82, 2.24) is 10.4 Å². The van der Waals surface area contributed by atoms with Crippen LogP contribution in [0, 0.1) is 5.92 Å². The van der Waals surface area contributed by atoms with Crippen LogP contribution < -0.4 is 11.3 Å². The van der Waals surface area contributed by atoms with E-state index >= 15 is 0 Å². The molecule has 2 atom stereocenters. The summed E-state index contributed by atoms with van der Waals surface area (Å²) in [5.74, 6) is 6.42. The molecule has 1 aromatic rings. The minimum Gasteiger partial charge on any atom is -0.271 e. The van der Waals surface area contributed by atoms with Crippen molar-refractivity contribution in [3.05, 3.63) is 28.5 Å². The van der Waals surface area contributed by atoms with Gasteiger partial charge < -0.3 is 0 Å². The molecule has 4 heteroatoms. The van der Waals surface area contributed by atoms with E-state index in [4.69, 9.17) is 5.84 Å². The topological polar surface area (TPSA) is 50.9 Å². The molecule has 3 nitrogen and oxygen atoms in total. The fourth-order valence-electron chi connectivity index (χ4n) is 2.23. The third-order valence-corrected chi connectivity index (χ3v) is 3.88. The molecule has 1 rings (SSSR count). The van der Waals surface area contributed by atoms with E-state index in [1.54, 1.807) is 6.20 Å². The normalized spacial score (nSPS) is 14.4. The van der Waals surface area contributed by atoms with Crippen molar-refractivity contribution in [2.24, 2.45) is 11.8 Å². The standard InChI is InChI=1S/C14H24BrN3/c1-3-5-6-11(4-2)7-14(18-16)12-8-13(15)10-17-9-12/h8-11,14,18H,3-7,16H2,1-2H3. The zero-order chi connectivity index (χ0) is 13.4. The summed E-state index contributed by atoms with van der Waals surface area (Å²) in [6, 6.07) is 2.28. The van der Waals surface area contributed by atoms with Gasteiger partial charge in [0.05, 0.1) is 0 Å². The van der Waals surface area contributed by atoms with Gasteiger partial charge in [0.25, 0.3) is 0 Å². The quantitative estimate of drug-likeness (QED) is 0.564. The molecule has 0 aliphatic rings. The van der Waals surface area contributed by atoms with Crippen LogP contribution in [0.15, 0.2) is 22.9 Å². The zero-order valence-corrected chi connectivity index (χ0v) is 12.9. The number of aromatic nitrogens is 1. The third kappa shape index (κ3) is 5.04. The average molecular weight is 314 g/mol. The van der Waals surface area contributed by atoms with E-state index in [1.165, 1.54) is 25.7 Å². The second-order valence-electron chi connectivity index (χ2n) is 4.81. The number of rotatable bonds is 8. The highest BCUT2D eigenvalue weighted by Crippen LogP contribution is 2.27. The van der Waals surface area contributed by atoms with Gasteiger partial charge in [-0.3, -0.25) is 16.3 Å². The van der Waals surface area contributed by atoms with Crippen LogP contribution in [-0.4, -0.2) is 4.98 Å². The lowest BCUT2D eigenvalue weighted by Crippen LogP contribution is -2.29. The summed E-state index contributed by atoms with van der Waals surface area (Å²) >= 11 is 3.45. The van der Waals surface area contributed by atoms with Gasteiger partial charge in [-0.2, -0.15) is 0 Å². The lowest BCUT2D eigenvalue weighted by molar-refractivity contribution is 0.356. The summed E-state index contributed by atoms with van der Waals surface area (Å²) < 4.78 is 1.00. The average Bonchev–Trinajstić information content (AvgIpc) is 2.39. The van der Waals surface area contributed by atoms with Crippen LogP contribution in [0.4, 0.5) is 0 Å². The summed E-state index contributed by atoms with van der Waals surface area (Å²) in [5, 5.41) is 0. The van der Waals surface area contributed by atoms with Crippen molar-refractivity contribution in [1.29, 1.82) is 0 Å². The van der Waals surface area contributed by atoms with Gasteiger partial charge in [-0.1, -0.05) is 39.5 Å². The van der Waals surface area contributed by atoms with Crippen molar-refractivity contribution in [2.75, 3.05) is 0 Å². The van der Waals surface area contributed by atoms with Gasteiger partial charge in [0.15, 0.2) is 0 Å². The second kappa shape index (κ2) is 8.62. The Balaban J connectivity index is 2.65. The number of nitrogens with zero attached hydrogens (tertiary/aromatic N) is 1. The molecule has 0 aromatic carbocycles. The lowest BCUT2D eigenvalue weighted by atomic mass is 9.90. The number of hydrogen-bond acceptors (Lipinski definition) is 3. The van der Waals surface area contributed by atoms with E-state index in [0.717, 1.165) is 22.4 Å². The number of unbranched alkanes of at least 4 members (excludes halogenated alkanes) is 1. The Morgan fingerprint density at radius 1 is 1.39 bits per heavy atom. The first kappa shape index (κ1) is 15.6. The second-order valence-corrected chi connectivity index (χ2v) is 5.72. The Labute approximate surface area is 119 Å². The molecule has 0 amide bonds. The van der Waals surface area contributed by atoms with Gasteiger partial charge in [-0.25, -0.2) is 0 Å². The highest BCUT2D eigenvalue weighted by Gasteiger charge is 2.16. The van der Waals surface area contributed by atoms with Crippen LogP contribution in [-0.2, 0) is 0 Å². The Bertz CT molecular complexity index is 344. The highest BCUT2D eigenvalue weighted by molar-refractivity contribution is 9.10. The van der Waals surface area contributed by atoms with Crippen LogP contribution in [0.5, 0.6) is 0 Å². The minimum atomic E-state index is 0.191. The predicted molar refractivity (Wildman–Crippen MR) is 79.9 cm³/mol. The first-order valence-electron chi connectivity index (χ1n) is 6.77. The van der Waals surface area contributed by atoms with E-state index in [9.17, 15) is 0 Å². The first-order valence-corrected chi connectivity index (χ1v) is 7.57. The molecule has 0 bridgehead atoms. The van der Waals surface area contributed by atoms with E-state index in [0.29, 0.717) is 0 Å². The van der Waals surface area contributed by atoms with Crippen LogP contribution in [0.25, 0.3) is 0 Å². The molecule has 102 valence electrons. The van der Waals surface area contributed by atoms with E-state index < -0.39 is 0 Å². The fraction of sp³-hybridized carbons (Fsp3) is 0.643. The smallest absolute Gasteiger partial charge is 0.0478 e. The molecule has 0 spiro atoms. The Hall–Kier alpha value is -0.450. The SMILES string of the molecule is CCCCC(CC)CC(NN)c1cncc(Br)c1. The Morgan fingerprint density at radius 2 is 2.17 bits per heavy atom. The Kier molecular flexibility index (Phi) is 7.47.